The molecule has 6 nitrogen and oxygen atoms in total. The normalized spacial score (nSPS) is 30.9. The van der Waals surface area contributed by atoms with E-state index in [0.717, 1.165) is 19.5 Å². The lowest BCUT2D eigenvalue weighted by Crippen LogP contribution is -2.54. The maximum Gasteiger partial charge on any atom is 0.239 e. The van der Waals surface area contributed by atoms with E-state index in [0.29, 0.717) is 32.2 Å². The monoisotopic (exact) mass is 295 g/mol. The van der Waals surface area contributed by atoms with Crippen LogP contribution in [0.25, 0.3) is 0 Å². The average Bonchev–Trinajstić information content (AvgIpc) is 3.10. The zero-order valence-electron chi connectivity index (χ0n) is 12.6. The van der Waals surface area contributed by atoms with E-state index in [2.05, 4.69) is 10.2 Å². The van der Waals surface area contributed by atoms with Crippen molar-refractivity contribution in [1.82, 2.24) is 15.1 Å². The van der Waals surface area contributed by atoms with E-state index in [-0.39, 0.29) is 24.4 Å². The van der Waals surface area contributed by atoms with Gasteiger partial charge in [-0.2, -0.15) is 0 Å². The van der Waals surface area contributed by atoms with Crippen LogP contribution in [0.15, 0.2) is 0 Å². The maximum atomic E-state index is 12.1. The molecule has 1 N–H and O–H groups in total. The molecule has 0 radical (unpaired) electrons. The Kier molecular flexibility index (Phi) is 4.75. The van der Waals surface area contributed by atoms with Crippen LogP contribution in [0.3, 0.4) is 0 Å². The number of amides is 2. The molecule has 0 spiro atoms. The van der Waals surface area contributed by atoms with Crippen molar-refractivity contribution in [2.75, 3.05) is 39.4 Å². The Bertz CT molecular complexity index is 396. The summed E-state index contributed by atoms with van der Waals surface area (Å²) in [5, 5.41) is 3.07. The van der Waals surface area contributed by atoms with Crippen molar-refractivity contribution in [2.45, 2.75) is 44.2 Å². The topological polar surface area (TPSA) is 61.9 Å². The lowest BCUT2D eigenvalue weighted by Gasteiger charge is -2.34. The SMILES string of the molecule is O=C(CN1CCCC1=O)N[C@H]1COC[C@@H]1N1CCCCC1. The zero-order valence-corrected chi connectivity index (χ0v) is 12.6. The lowest BCUT2D eigenvalue weighted by molar-refractivity contribution is -0.133. The van der Waals surface area contributed by atoms with Gasteiger partial charge in [0.2, 0.25) is 11.8 Å². The van der Waals surface area contributed by atoms with Gasteiger partial charge in [-0.05, 0) is 32.4 Å². The number of piperidine rings is 1. The Morgan fingerprint density at radius 3 is 2.67 bits per heavy atom. The minimum Gasteiger partial charge on any atom is -0.378 e. The third-order valence-corrected chi connectivity index (χ3v) is 4.76. The number of likely N-dealkylation sites (tertiary alicyclic amines) is 2. The second-order valence-corrected chi connectivity index (χ2v) is 6.29. The molecule has 0 aliphatic carbocycles. The second-order valence-electron chi connectivity index (χ2n) is 6.29. The fraction of sp³-hybridized carbons (Fsp3) is 0.867. The van der Waals surface area contributed by atoms with E-state index >= 15 is 0 Å². The standard InChI is InChI=1S/C15H25N3O3/c19-14(9-18-8-4-5-15(18)20)16-12-10-21-11-13(12)17-6-2-1-3-7-17/h12-13H,1-11H2,(H,16,19)/t12-,13-/m0/s1. The number of hydrogen-bond donors (Lipinski definition) is 1. The van der Waals surface area contributed by atoms with Gasteiger partial charge in [0.1, 0.15) is 0 Å². The first-order valence-corrected chi connectivity index (χ1v) is 8.13. The summed E-state index contributed by atoms with van der Waals surface area (Å²) in [5.74, 6) is 0.0446. The minimum absolute atomic E-state index is 0.0530. The van der Waals surface area contributed by atoms with E-state index < -0.39 is 0 Å². The van der Waals surface area contributed by atoms with E-state index in [9.17, 15) is 9.59 Å². The molecule has 3 rings (SSSR count). The zero-order chi connectivity index (χ0) is 14.7. The van der Waals surface area contributed by atoms with Gasteiger partial charge in [-0.3, -0.25) is 14.5 Å². The fourth-order valence-corrected chi connectivity index (χ4v) is 3.59. The van der Waals surface area contributed by atoms with Crippen molar-refractivity contribution in [3.05, 3.63) is 0 Å². The van der Waals surface area contributed by atoms with E-state index in [1.165, 1.54) is 19.3 Å². The highest BCUT2D eigenvalue weighted by Crippen LogP contribution is 2.19. The van der Waals surface area contributed by atoms with Gasteiger partial charge in [0.05, 0.1) is 31.8 Å². The van der Waals surface area contributed by atoms with Crippen molar-refractivity contribution in [2.24, 2.45) is 0 Å². The third-order valence-electron chi connectivity index (χ3n) is 4.76. The molecule has 0 aromatic rings. The van der Waals surface area contributed by atoms with Gasteiger partial charge >= 0.3 is 0 Å². The summed E-state index contributed by atoms with van der Waals surface area (Å²) in [7, 11) is 0. The van der Waals surface area contributed by atoms with Gasteiger partial charge in [0.15, 0.2) is 0 Å². The molecule has 3 fully saturated rings. The summed E-state index contributed by atoms with van der Waals surface area (Å²) >= 11 is 0. The molecule has 0 bridgehead atoms. The summed E-state index contributed by atoms with van der Waals surface area (Å²) in [6, 6.07) is 0.358. The van der Waals surface area contributed by atoms with E-state index in [4.69, 9.17) is 4.74 Å². The molecule has 3 aliphatic heterocycles. The number of hydrogen-bond acceptors (Lipinski definition) is 4. The molecule has 118 valence electrons. The minimum atomic E-state index is -0.0530. The summed E-state index contributed by atoms with van der Waals surface area (Å²) < 4.78 is 5.58. The number of carbonyl (C=O) groups excluding carboxylic acids is 2. The quantitative estimate of drug-likeness (QED) is 0.792. The van der Waals surface area contributed by atoms with Crippen LogP contribution < -0.4 is 5.32 Å². The van der Waals surface area contributed by atoms with Crippen molar-refractivity contribution in [1.29, 1.82) is 0 Å². The smallest absolute Gasteiger partial charge is 0.239 e. The van der Waals surface area contributed by atoms with Crippen LogP contribution in [0.5, 0.6) is 0 Å². The average molecular weight is 295 g/mol. The summed E-state index contributed by atoms with van der Waals surface area (Å²) in [5.41, 5.74) is 0. The second kappa shape index (κ2) is 6.75. The van der Waals surface area contributed by atoms with Crippen LogP contribution in [0, 0.1) is 0 Å². The summed E-state index contributed by atoms with van der Waals surface area (Å²) in [6.07, 6.45) is 5.22. The molecule has 3 aliphatic rings. The summed E-state index contributed by atoms with van der Waals surface area (Å²) in [4.78, 5) is 27.8. The first-order valence-electron chi connectivity index (χ1n) is 8.13. The van der Waals surface area contributed by atoms with Crippen molar-refractivity contribution < 1.29 is 14.3 Å². The van der Waals surface area contributed by atoms with Gasteiger partial charge < -0.3 is 15.0 Å². The Labute approximate surface area is 125 Å². The van der Waals surface area contributed by atoms with Crippen LogP contribution in [0.1, 0.15) is 32.1 Å². The molecular weight excluding hydrogens is 270 g/mol. The molecule has 3 heterocycles. The predicted octanol–water partition coefficient (Wildman–Crippen LogP) is -0.0217. The molecule has 0 saturated carbocycles. The molecular formula is C15H25N3O3. The molecule has 21 heavy (non-hydrogen) atoms. The molecule has 0 aromatic heterocycles. The van der Waals surface area contributed by atoms with Gasteiger partial charge in [-0.15, -0.1) is 0 Å². The Morgan fingerprint density at radius 1 is 1.14 bits per heavy atom. The molecule has 6 heteroatoms. The van der Waals surface area contributed by atoms with Crippen LogP contribution in [-0.2, 0) is 14.3 Å². The number of ether oxygens (including phenoxy) is 1. The van der Waals surface area contributed by atoms with Crippen LogP contribution in [-0.4, -0.2) is 73.1 Å². The largest absolute Gasteiger partial charge is 0.378 e. The molecule has 2 atom stereocenters. The molecule has 0 unspecified atom stereocenters. The predicted molar refractivity (Wildman–Crippen MR) is 77.8 cm³/mol. The van der Waals surface area contributed by atoms with Gasteiger partial charge in [-0.1, -0.05) is 6.42 Å². The van der Waals surface area contributed by atoms with E-state index in [1.54, 1.807) is 4.90 Å². The van der Waals surface area contributed by atoms with Gasteiger partial charge in [-0.25, -0.2) is 0 Å². The number of nitrogens with one attached hydrogen (secondary N) is 1. The Morgan fingerprint density at radius 2 is 1.95 bits per heavy atom. The first kappa shape index (κ1) is 14.8. The summed E-state index contributed by atoms with van der Waals surface area (Å²) in [6.45, 7) is 4.40. The number of carbonyl (C=O) groups is 2. The van der Waals surface area contributed by atoms with Crippen molar-refractivity contribution in [3.63, 3.8) is 0 Å². The van der Waals surface area contributed by atoms with Crippen LogP contribution in [0.2, 0.25) is 0 Å². The fourth-order valence-electron chi connectivity index (χ4n) is 3.59. The highest BCUT2D eigenvalue weighted by atomic mass is 16.5. The molecule has 3 saturated heterocycles. The Balaban J connectivity index is 1.50. The first-order chi connectivity index (χ1) is 10.2. The van der Waals surface area contributed by atoms with Gasteiger partial charge in [0, 0.05) is 13.0 Å². The molecule has 0 aromatic carbocycles. The van der Waals surface area contributed by atoms with Crippen molar-refractivity contribution in [3.8, 4) is 0 Å². The third kappa shape index (κ3) is 3.55. The van der Waals surface area contributed by atoms with Crippen LogP contribution >= 0.6 is 0 Å². The Hall–Kier alpha value is -1.14. The van der Waals surface area contributed by atoms with Crippen LogP contribution in [0.4, 0.5) is 0 Å². The highest BCUT2D eigenvalue weighted by Gasteiger charge is 2.35. The number of rotatable bonds is 4. The molecule has 2 amide bonds. The highest BCUT2D eigenvalue weighted by molar-refractivity contribution is 5.86. The lowest BCUT2D eigenvalue weighted by atomic mass is 10.0. The number of nitrogens with zero attached hydrogens (tertiary/aromatic N) is 2. The van der Waals surface area contributed by atoms with Crippen molar-refractivity contribution >= 4 is 11.8 Å². The van der Waals surface area contributed by atoms with Gasteiger partial charge in [0.25, 0.3) is 0 Å². The maximum absolute atomic E-state index is 12.1. The van der Waals surface area contributed by atoms with E-state index in [1.807, 2.05) is 0 Å².